The van der Waals surface area contributed by atoms with Crippen LogP contribution in [0.1, 0.15) is 43.2 Å². The van der Waals surface area contributed by atoms with Gasteiger partial charge >= 0.3 is 0 Å². The number of nitrogens with zero attached hydrogens (tertiary/aromatic N) is 4. The number of amides is 2. The fourth-order valence-corrected chi connectivity index (χ4v) is 5.09. The Morgan fingerprint density at radius 3 is 2.41 bits per heavy atom. The Hall–Kier alpha value is -4.24. The van der Waals surface area contributed by atoms with Crippen LogP contribution in [0.5, 0.6) is 0 Å². The average Bonchev–Trinajstić information content (AvgIpc) is 3.45. The van der Waals surface area contributed by atoms with Crippen LogP contribution in [0.3, 0.4) is 0 Å². The minimum atomic E-state index is -0.238. The molecule has 0 bridgehead atoms. The molecule has 1 unspecified atom stereocenters. The van der Waals surface area contributed by atoms with Crippen LogP contribution in [0, 0.1) is 11.3 Å². The normalized spacial score (nSPS) is 17.0. The summed E-state index contributed by atoms with van der Waals surface area (Å²) < 4.78 is 2.21. The van der Waals surface area contributed by atoms with Crippen molar-refractivity contribution >= 4 is 22.7 Å². The Kier molecular flexibility index (Phi) is 3.99. The fourth-order valence-electron chi connectivity index (χ4n) is 5.09. The van der Waals surface area contributed by atoms with E-state index >= 15 is 0 Å². The van der Waals surface area contributed by atoms with Crippen molar-refractivity contribution in [3.05, 3.63) is 101 Å². The van der Waals surface area contributed by atoms with Crippen molar-refractivity contribution in [2.45, 2.75) is 25.4 Å². The molecule has 6 rings (SSSR count). The molecule has 2 amide bonds. The van der Waals surface area contributed by atoms with Crippen LogP contribution < -0.4 is 0 Å². The van der Waals surface area contributed by atoms with Gasteiger partial charge in [0.1, 0.15) is 0 Å². The summed E-state index contributed by atoms with van der Waals surface area (Å²) >= 11 is 0. The van der Waals surface area contributed by atoms with Gasteiger partial charge in [-0.25, -0.2) is 0 Å². The van der Waals surface area contributed by atoms with Crippen LogP contribution in [0.4, 0.5) is 0 Å². The van der Waals surface area contributed by atoms with Crippen molar-refractivity contribution in [2.75, 3.05) is 0 Å². The molecule has 1 aliphatic carbocycles. The largest absolute Gasteiger partial charge is 0.338 e. The Balaban J connectivity index is 1.44. The van der Waals surface area contributed by atoms with E-state index < -0.39 is 0 Å². The molecule has 0 saturated heterocycles. The zero-order valence-electron chi connectivity index (χ0n) is 17.2. The molecule has 0 radical (unpaired) electrons. The van der Waals surface area contributed by atoms with Crippen molar-refractivity contribution in [3.63, 3.8) is 0 Å². The van der Waals surface area contributed by atoms with Gasteiger partial charge in [-0.05, 0) is 54.4 Å². The SMILES string of the molecule is N#Cc1ccc2c(c1)c1c(n2Cc2ccccn2)CC(N2C(=O)c3ccccc3C2=O)C1. The van der Waals surface area contributed by atoms with Gasteiger partial charge in [-0.3, -0.25) is 19.5 Å². The highest BCUT2D eigenvalue weighted by molar-refractivity contribution is 6.21. The van der Waals surface area contributed by atoms with Crippen LogP contribution in [0.15, 0.2) is 66.9 Å². The monoisotopic (exact) mass is 418 g/mol. The number of pyridine rings is 1. The molecule has 0 saturated carbocycles. The van der Waals surface area contributed by atoms with Gasteiger partial charge in [0.15, 0.2) is 0 Å². The molecule has 3 heterocycles. The second-order valence-electron chi connectivity index (χ2n) is 8.26. The molecule has 1 aliphatic heterocycles. The van der Waals surface area contributed by atoms with Crippen molar-refractivity contribution in [1.29, 1.82) is 5.26 Å². The number of nitriles is 1. The van der Waals surface area contributed by atoms with Crippen LogP contribution in [0.2, 0.25) is 0 Å². The first-order valence-electron chi connectivity index (χ1n) is 10.6. The van der Waals surface area contributed by atoms with Gasteiger partial charge in [0, 0.05) is 35.3 Å². The topological polar surface area (TPSA) is 79.0 Å². The molecule has 6 nitrogen and oxygen atoms in total. The number of benzene rings is 2. The van der Waals surface area contributed by atoms with E-state index in [1.54, 1.807) is 30.5 Å². The third-order valence-electron chi connectivity index (χ3n) is 6.52. The number of rotatable bonds is 3. The summed E-state index contributed by atoms with van der Waals surface area (Å²) in [6.07, 6.45) is 2.95. The van der Waals surface area contributed by atoms with Gasteiger partial charge in [0.05, 0.1) is 35.0 Å². The zero-order chi connectivity index (χ0) is 21.8. The maximum Gasteiger partial charge on any atom is 0.261 e. The van der Waals surface area contributed by atoms with E-state index in [1.807, 2.05) is 36.4 Å². The lowest BCUT2D eigenvalue weighted by Gasteiger charge is -2.22. The smallest absolute Gasteiger partial charge is 0.261 e. The molecular formula is C26H18N4O2. The van der Waals surface area contributed by atoms with E-state index in [9.17, 15) is 14.9 Å². The predicted octanol–water partition coefficient (Wildman–Crippen LogP) is 3.72. The molecular weight excluding hydrogens is 400 g/mol. The summed E-state index contributed by atoms with van der Waals surface area (Å²) in [5.41, 5.74) is 5.72. The minimum Gasteiger partial charge on any atom is -0.338 e. The molecule has 154 valence electrons. The van der Waals surface area contributed by atoms with E-state index in [0.29, 0.717) is 36.1 Å². The van der Waals surface area contributed by atoms with Crippen LogP contribution in [0.25, 0.3) is 10.9 Å². The van der Waals surface area contributed by atoms with Gasteiger partial charge in [0.25, 0.3) is 11.8 Å². The maximum atomic E-state index is 13.1. The molecule has 32 heavy (non-hydrogen) atoms. The molecule has 0 fully saturated rings. The highest BCUT2D eigenvalue weighted by Gasteiger charge is 2.43. The van der Waals surface area contributed by atoms with Crippen LogP contribution >= 0.6 is 0 Å². The quantitative estimate of drug-likeness (QED) is 0.475. The molecule has 2 aromatic carbocycles. The van der Waals surface area contributed by atoms with E-state index in [4.69, 9.17) is 0 Å². The van der Waals surface area contributed by atoms with Gasteiger partial charge in [-0.1, -0.05) is 18.2 Å². The average molecular weight is 418 g/mol. The van der Waals surface area contributed by atoms with E-state index in [-0.39, 0.29) is 17.9 Å². The van der Waals surface area contributed by atoms with Crippen molar-refractivity contribution in [2.24, 2.45) is 0 Å². The number of hydrogen-bond acceptors (Lipinski definition) is 4. The molecule has 2 aromatic heterocycles. The zero-order valence-corrected chi connectivity index (χ0v) is 17.2. The Morgan fingerprint density at radius 1 is 0.969 bits per heavy atom. The van der Waals surface area contributed by atoms with Gasteiger partial charge < -0.3 is 4.57 Å². The number of imide groups is 1. The number of carbonyl (C=O) groups is 2. The molecule has 2 aliphatic rings. The van der Waals surface area contributed by atoms with Crippen LogP contribution in [-0.2, 0) is 19.4 Å². The molecule has 0 N–H and O–H groups in total. The van der Waals surface area contributed by atoms with Gasteiger partial charge in [0.2, 0.25) is 0 Å². The lowest BCUT2D eigenvalue weighted by Crippen LogP contribution is -2.40. The van der Waals surface area contributed by atoms with Gasteiger partial charge in [-0.15, -0.1) is 0 Å². The second kappa shape index (κ2) is 6.89. The van der Waals surface area contributed by atoms with Crippen LogP contribution in [-0.4, -0.2) is 32.3 Å². The summed E-state index contributed by atoms with van der Waals surface area (Å²) in [6.45, 7) is 0.591. The minimum absolute atomic E-state index is 0.223. The van der Waals surface area contributed by atoms with E-state index in [1.165, 1.54) is 4.90 Å². The Labute approximate surface area is 184 Å². The number of hydrogen-bond donors (Lipinski definition) is 0. The van der Waals surface area contributed by atoms with Crippen molar-refractivity contribution in [1.82, 2.24) is 14.5 Å². The van der Waals surface area contributed by atoms with E-state index in [2.05, 4.69) is 15.6 Å². The first-order chi connectivity index (χ1) is 15.7. The molecule has 0 spiro atoms. The van der Waals surface area contributed by atoms with Crippen molar-refractivity contribution in [3.8, 4) is 6.07 Å². The summed E-state index contributed by atoms with van der Waals surface area (Å²) in [7, 11) is 0. The summed E-state index contributed by atoms with van der Waals surface area (Å²) in [5.74, 6) is -0.446. The molecule has 6 heteroatoms. The third kappa shape index (κ3) is 2.61. The third-order valence-corrected chi connectivity index (χ3v) is 6.52. The lowest BCUT2D eigenvalue weighted by atomic mass is 10.1. The highest BCUT2D eigenvalue weighted by Crippen LogP contribution is 2.38. The fraction of sp³-hybridized carbons (Fsp3) is 0.154. The van der Waals surface area contributed by atoms with Crippen molar-refractivity contribution < 1.29 is 9.59 Å². The molecule has 4 aromatic rings. The standard InChI is InChI=1S/C26H18N4O2/c27-14-16-8-9-23-21(11-16)22-12-18(13-24(22)29(23)15-17-5-3-4-10-28-17)30-25(31)19-6-1-2-7-20(19)26(30)32/h1-11,18H,12-13,15H2. The Morgan fingerprint density at radius 2 is 1.72 bits per heavy atom. The first-order valence-corrected chi connectivity index (χ1v) is 10.6. The second-order valence-corrected chi connectivity index (χ2v) is 8.26. The lowest BCUT2D eigenvalue weighted by molar-refractivity contribution is 0.0590. The predicted molar refractivity (Wildman–Crippen MR) is 118 cm³/mol. The number of aromatic nitrogens is 2. The summed E-state index contributed by atoms with van der Waals surface area (Å²) in [4.78, 5) is 32.0. The highest BCUT2D eigenvalue weighted by atomic mass is 16.2. The molecule has 1 atom stereocenters. The van der Waals surface area contributed by atoms with Gasteiger partial charge in [-0.2, -0.15) is 5.26 Å². The maximum absolute atomic E-state index is 13.1. The first kappa shape index (κ1) is 18.5. The summed E-state index contributed by atoms with van der Waals surface area (Å²) in [6, 6.07) is 20.5. The summed E-state index contributed by atoms with van der Waals surface area (Å²) in [5, 5.41) is 10.4. The number of fused-ring (bicyclic) bond motifs is 4. The number of carbonyl (C=O) groups excluding carboxylic acids is 2. The Bertz CT molecular complexity index is 1430. The van der Waals surface area contributed by atoms with E-state index in [0.717, 1.165) is 27.9 Å².